The summed E-state index contributed by atoms with van der Waals surface area (Å²) in [6.07, 6.45) is -0.000619. The van der Waals surface area contributed by atoms with Crippen molar-refractivity contribution in [1.82, 2.24) is 0 Å². The summed E-state index contributed by atoms with van der Waals surface area (Å²) in [5.74, 6) is 0.643. The number of carbonyl (C=O) groups excluding carboxylic acids is 1. The molecule has 1 aliphatic rings. The van der Waals surface area contributed by atoms with Gasteiger partial charge >= 0.3 is 0 Å². The standard InChI is InChI=1S/C18H19NO3/c1-11-4-5-12(2)13(8-11)9-17-18(21)19(3)15-10-14(20)6-7-16(15)22-17/h4-8,10,17,20H,9H2,1-3H3. The van der Waals surface area contributed by atoms with Gasteiger partial charge in [-0.05, 0) is 37.1 Å². The molecule has 4 nitrogen and oxygen atoms in total. The second-order valence-electron chi connectivity index (χ2n) is 5.79. The van der Waals surface area contributed by atoms with E-state index in [-0.39, 0.29) is 11.7 Å². The van der Waals surface area contributed by atoms with E-state index in [1.54, 1.807) is 30.1 Å². The van der Waals surface area contributed by atoms with Crippen molar-refractivity contribution >= 4 is 11.6 Å². The van der Waals surface area contributed by atoms with Crippen molar-refractivity contribution in [1.29, 1.82) is 0 Å². The summed E-state index contributed by atoms with van der Waals surface area (Å²) in [6, 6.07) is 11.0. The van der Waals surface area contributed by atoms with E-state index in [0.717, 1.165) is 11.1 Å². The van der Waals surface area contributed by atoms with E-state index in [9.17, 15) is 9.90 Å². The molecule has 0 fully saturated rings. The number of ether oxygens (including phenoxy) is 1. The lowest BCUT2D eigenvalue weighted by atomic mass is 9.99. The summed E-state index contributed by atoms with van der Waals surface area (Å²) in [6.45, 7) is 4.08. The lowest BCUT2D eigenvalue weighted by Crippen LogP contribution is -2.45. The predicted octanol–water partition coefficient (Wildman–Crippen LogP) is 2.98. The van der Waals surface area contributed by atoms with Gasteiger partial charge < -0.3 is 14.7 Å². The molecule has 0 aromatic heterocycles. The minimum absolute atomic E-state index is 0.0981. The highest BCUT2D eigenvalue weighted by atomic mass is 16.5. The summed E-state index contributed by atoms with van der Waals surface area (Å²) in [5, 5.41) is 9.57. The average Bonchev–Trinajstić information content (AvgIpc) is 2.49. The number of phenolic OH excluding ortho intramolecular Hbond substituents is 1. The maximum atomic E-state index is 12.5. The Hall–Kier alpha value is -2.49. The highest BCUT2D eigenvalue weighted by Crippen LogP contribution is 2.36. The molecule has 2 aromatic rings. The number of anilines is 1. The summed E-state index contributed by atoms with van der Waals surface area (Å²) < 4.78 is 5.87. The van der Waals surface area contributed by atoms with Crippen LogP contribution < -0.4 is 9.64 Å². The van der Waals surface area contributed by atoms with Crippen molar-refractivity contribution < 1.29 is 14.6 Å². The Balaban J connectivity index is 1.91. The van der Waals surface area contributed by atoms with Gasteiger partial charge in [0.05, 0.1) is 5.69 Å². The number of hydrogen-bond donors (Lipinski definition) is 1. The number of phenols is 1. The maximum absolute atomic E-state index is 12.5. The first-order valence-electron chi connectivity index (χ1n) is 7.29. The molecule has 0 bridgehead atoms. The van der Waals surface area contributed by atoms with Gasteiger partial charge in [0.15, 0.2) is 6.10 Å². The van der Waals surface area contributed by atoms with Crippen LogP contribution >= 0.6 is 0 Å². The summed E-state index contributed by atoms with van der Waals surface area (Å²) in [5.41, 5.74) is 4.04. The van der Waals surface area contributed by atoms with Gasteiger partial charge in [-0.2, -0.15) is 0 Å². The van der Waals surface area contributed by atoms with Gasteiger partial charge in [0, 0.05) is 19.5 Å². The van der Waals surface area contributed by atoms with E-state index in [2.05, 4.69) is 18.2 Å². The first-order valence-corrected chi connectivity index (χ1v) is 7.29. The van der Waals surface area contributed by atoms with E-state index in [4.69, 9.17) is 4.74 Å². The number of aryl methyl sites for hydroxylation is 2. The number of fused-ring (bicyclic) bond motifs is 1. The molecular weight excluding hydrogens is 278 g/mol. The van der Waals surface area contributed by atoms with E-state index >= 15 is 0 Å². The fraction of sp³-hybridized carbons (Fsp3) is 0.278. The van der Waals surface area contributed by atoms with Crippen LogP contribution in [0.1, 0.15) is 16.7 Å². The van der Waals surface area contributed by atoms with Gasteiger partial charge in [-0.15, -0.1) is 0 Å². The zero-order valence-electron chi connectivity index (χ0n) is 13.0. The molecule has 0 saturated heterocycles. The zero-order valence-corrected chi connectivity index (χ0v) is 13.0. The molecule has 1 unspecified atom stereocenters. The summed E-state index contributed by atoms with van der Waals surface area (Å²) in [7, 11) is 1.71. The Bertz CT molecular complexity index is 739. The maximum Gasteiger partial charge on any atom is 0.268 e. The molecule has 0 saturated carbocycles. The van der Waals surface area contributed by atoms with Crippen LogP contribution in [-0.4, -0.2) is 24.2 Å². The quantitative estimate of drug-likeness (QED) is 0.927. The summed E-state index contributed by atoms with van der Waals surface area (Å²) >= 11 is 0. The van der Waals surface area contributed by atoms with Crippen LogP contribution in [0.25, 0.3) is 0 Å². The van der Waals surface area contributed by atoms with E-state index in [1.807, 2.05) is 13.8 Å². The predicted molar refractivity (Wildman–Crippen MR) is 85.6 cm³/mol. The van der Waals surface area contributed by atoms with Gasteiger partial charge in [0.2, 0.25) is 0 Å². The van der Waals surface area contributed by atoms with Gasteiger partial charge in [0.1, 0.15) is 11.5 Å². The molecule has 0 spiro atoms. The number of nitrogens with zero attached hydrogens (tertiary/aromatic N) is 1. The van der Waals surface area contributed by atoms with Gasteiger partial charge in [-0.1, -0.05) is 23.8 Å². The third kappa shape index (κ3) is 2.52. The first-order chi connectivity index (χ1) is 10.5. The molecular formula is C18H19NO3. The third-order valence-corrected chi connectivity index (χ3v) is 4.09. The molecule has 2 aromatic carbocycles. The molecule has 1 amide bonds. The van der Waals surface area contributed by atoms with Crippen LogP contribution in [0.15, 0.2) is 36.4 Å². The van der Waals surface area contributed by atoms with Crippen LogP contribution in [0, 0.1) is 13.8 Å². The number of amides is 1. The van der Waals surface area contributed by atoms with Crippen molar-refractivity contribution in [3.8, 4) is 11.5 Å². The van der Waals surface area contributed by atoms with E-state index in [1.165, 1.54) is 5.56 Å². The summed E-state index contributed by atoms with van der Waals surface area (Å²) in [4.78, 5) is 14.1. The molecule has 1 aliphatic heterocycles. The largest absolute Gasteiger partial charge is 0.508 e. The number of likely N-dealkylation sites (N-methyl/N-ethyl adjacent to an activating group) is 1. The number of benzene rings is 2. The fourth-order valence-electron chi connectivity index (χ4n) is 2.75. The number of hydrogen-bond acceptors (Lipinski definition) is 3. The van der Waals surface area contributed by atoms with Crippen molar-refractivity contribution in [3.05, 3.63) is 53.1 Å². The van der Waals surface area contributed by atoms with Gasteiger partial charge in [-0.25, -0.2) is 0 Å². The second-order valence-corrected chi connectivity index (χ2v) is 5.79. The van der Waals surface area contributed by atoms with E-state index < -0.39 is 6.10 Å². The smallest absolute Gasteiger partial charge is 0.268 e. The highest BCUT2D eigenvalue weighted by Gasteiger charge is 2.32. The third-order valence-electron chi connectivity index (χ3n) is 4.09. The minimum Gasteiger partial charge on any atom is -0.508 e. The first kappa shape index (κ1) is 14.4. The van der Waals surface area contributed by atoms with Crippen LogP contribution in [-0.2, 0) is 11.2 Å². The second kappa shape index (κ2) is 5.37. The molecule has 1 atom stereocenters. The van der Waals surface area contributed by atoms with Crippen LogP contribution in [0.5, 0.6) is 11.5 Å². The minimum atomic E-state index is -0.539. The average molecular weight is 297 g/mol. The lowest BCUT2D eigenvalue weighted by Gasteiger charge is -2.32. The van der Waals surface area contributed by atoms with Gasteiger partial charge in [-0.3, -0.25) is 4.79 Å². The normalized spacial score (nSPS) is 17.1. The van der Waals surface area contributed by atoms with Crippen molar-refractivity contribution in [2.75, 3.05) is 11.9 Å². The van der Waals surface area contributed by atoms with Crippen LogP contribution in [0.2, 0.25) is 0 Å². The van der Waals surface area contributed by atoms with Crippen LogP contribution in [0.4, 0.5) is 5.69 Å². The molecule has 0 radical (unpaired) electrons. The number of carbonyl (C=O) groups is 1. The number of aromatic hydroxyl groups is 1. The topological polar surface area (TPSA) is 49.8 Å². The molecule has 114 valence electrons. The molecule has 3 rings (SSSR count). The number of rotatable bonds is 2. The Morgan fingerprint density at radius 1 is 1.18 bits per heavy atom. The fourth-order valence-corrected chi connectivity index (χ4v) is 2.75. The molecule has 1 heterocycles. The van der Waals surface area contributed by atoms with Crippen molar-refractivity contribution in [2.45, 2.75) is 26.4 Å². The molecule has 22 heavy (non-hydrogen) atoms. The highest BCUT2D eigenvalue weighted by molar-refractivity contribution is 5.99. The van der Waals surface area contributed by atoms with Crippen molar-refractivity contribution in [3.63, 3.8) is 0 Å². The Labute approximate surface area is 130 Å². The van der Waals surface area contributed by atoms with Gasteiger partial charge in [0.25, 0.3) is 5.91 Å². The van der Waals surface area contributed by atoms with Crippen molar-refractivity contribution in [2.24, 2.45) is 0 Å². The molecule has 0 aliphatic carbocycles. The Kier molecular flexibility index (Phi) is 3.53. The SMILES string of the molecule is Cc1ccc(C)c(CC2Oc3ccc(O)cc3N(C)C2=O)c1. The Morgan fingerprint density at radius 2 is 1.95 bits per heavy atom. The Morgan fingerprint density at radius 3 is 2.73 bits per heavy atom. The molecule has 1 N–H and O–H groups in total. The molecule has 4 heteroatoms. The lowest BCUT2D eigenvalue weighted by molar-refractivity contribution is -0.125. The van der Waals surface area contributed by atoms with Crippen LogP contribution in [0.3, 0.4) is 0 Å². The van der Waals surface area contributed by atoms with E-state index in [0.29, 0.717) is 17.9 Å². The monoisotopic (exact) mass is 297 g/mol. The zero-order chi connectivity index (χ0) is 15.9.